The fourth-order valence-electron chi connectivity index (χ4n) is 0.925. The predicted molar refractivity (Wildman–Crippen MR) is 34.5 cm³/mol. The van der Waals surface area contributed by atoms with E-state index in [0.717, 1.165) is 19.8 Å². The van der Waals surface area contributed by atoms with E-state index in [1.54, 1.807) is 7.11 Å². The molecule has 0 aromatic carbocycles. The number of likely N-dealkylation sites (N-methyl/N-ethyl adjacent to an activating group) is 1. The molecule has 0 bridgehead atoms. The molecule has 0 spiro atoms. The first-order valence-corrected chi connectivity index (χ1v) is 3.08. The average Bonchev–Trinajstić information content (AvgIpc) is 1.79. The molecule has 1 N–H and O–H groups in total. The van der Waals surface area contributed by atoms with Gasteiger partial charge in [0.15, 0.2) is 0 Å². The van der Waals surface area contributed by atoms with Gasteiger partial charge < -0.3 is 14.8 Å². The van der Waals surface area contributed by atoms with E-state index in [-0.39, 0.29) is 5.54 Å². The van der Waals surface area contributed by atoms with Crippen LogP contribution in [-0.4, -0.2) is 39.5 Å². The third-order valence-corrected chi connectivity index (χ3v) is 1.71. The Morgan fingerprint density at radius 3 is 2.44 bits per heavy atom. The van der Waals surface area contributed by atoms with Crippen molar-refractivity contribution in [3.63, 3.8) is 0 Å². The van der Waals surface area contributed by atoms with Crippen molar-refractivity contribution in [2.45, 2.75) is 5.54 Å². The van der Waals surface area contributed by atoms with Crippen LogP contribution in [0.3, 0.4) is 0 Å². The van der Waals surface area contributed by atoms with Crippen LogP contribution in [0.15, 0.2) is 0 Å². The molecule has 1 aliphatic heterocycles. The molecule has 0 aliphatic carbocycles. The van der Waals surface area contributed by atoms with Gasteiger partial charge in [-0.25, -0.2) is 0 Å². The van der Waals surface area contributed by atoms with Gasteiger partial charge in [0.2, 0.25) is 0 Å². The van der Waals surface area contributed by atoms with Crippen LogP contribution in [0.5, 0.6) is 0 Å². The standard InChI is InChI=1S/C6H13NO2/c1-7-6(3-8-2)4-9-5-6/h7H,3-5H2,1-2H3. The zero-order valence-corrected chi connectivity index (χ0v) is 5.94. The monoisotopic (exact) mass is 131 g/mol. The molecule has 3 nitrogen and oxygen atoms in total. The topological polar surface area (TPSA) is 30.5 Å². The second-order valence-corrected chi connectivity index (χ2v) is 2.46. The van der Waals surface area contributed by atoms with Crippen molar-refractivity contribution in [2.75, 3.05) is 34.0 Å². The number of methoxy groups -OCH3 is 1. The number of ether oxygens (including phenoxy) is 2. The molecule has 0 radical (unpaired) electrons. The van der Waals surface area contributed by atoms with Crippen LogP contribution in [0.2, 0.25) is 0 Å². The third kappa shape index (κ3) is 1.23. The highest BCUT2D eigenvalue weighted by atomic mass is 16.5. The van der Waals surface area contributed by atoms with Gasteiger partial charge in [-0.15, -0.1) is 0 Å². The van der Waals surface area contributed by atoms with Gasteiger partial charge in [0.25, 0.3) is 0 Å². The fourth-order valence-corrected chi connectivity index (χ4v) is 0.925. The van der Waals surface area contributed by atoms with Gasteiger partial charge in [0.1, 0.15) is 0 Å². The molecular formula is C6H13NO2. The molecule has 1 aliphatic rings. The minimum absolute atomic E-state index is 0.120. The molecule has 0 amide bonds. The van der Waals surface area contributed by atoms with Gasteiger partial charge >= 0.3 is 0 Å². The highest BCUT2D eigenvalue weighted by Gasteiger charge is 2.36. The highest BCUT2D eigenvalue weighted by Crippen LogP contribution is 2.15. The Kier molecular flexibility index (Phi) is 2.05. The maximum Gasteiger partial charge on any atom is 0.0887 e. The molecular weight excluding hydrogens is 118 g/mol. The van der Waals surface area contributed by atoms with Crippen molar-refractivity contribution in [2.24, 2.45) is 0 Å². The molecule has 1 heterocycles. The average molecular weight is 131 g/mol. The van der Waals surface area contributed by atoms with Crippen molar-refractivity contribution in [3.05, 3.63) is 0 Å². The second-order valence-electron chi connectivity index (χ2n) is 2.46. The summed E-state index contributed by atoms with van der Waals surface area (Å²) in [6.45, 7) is 2.29. The van der Waals surface area contributed by atoms with Gasteiger partial charge in [-0.1, -0.05) is 0 Å². The summed E-state index contributed by atoms with van der Waals surface area (Å²) >= 11 is 0. The molecule has 0 unspecified atom stereocenters. The number of rotatable bonds is 3. The Bertz CT molecular complexity index is 85.5. The van der Waals surface area contributed by atoms with Crippen LogP contribution in [0.25, 0.3) is 0 Å². The van der Waals surface area contributed by atoms with Crippen LogP contribution < -0.4 is 5.32 Å². The molecule has 9 heavy (non-hydrogen) atoms. The van der Waals surface area contributed by atoms with Crippen LogP contribution >= 0.6 is 0 Å². The van der Waals surface area contributed by atoms with Crippen LogP contribution in [0, 0.1) is 0 Å². The van der Waals surface area contributed by atoms with E-state index in [1.165, 1.54) is 0 Å². The van der Waals surface area contributed by atoms with Crippen molar-refractivity contribution in [1.82, 2.24) is 5.32 Å². The van der Waals surface area contributed by atoms with E-state index in [9.17, 15) is 0 Å². The van der Waals surface area contributed by atoms with E-state index in [1.807, 2.05) is 7.05 Å². The summed E-state index contributed by atoms with van der Waals surface area (Å²) in [6, 6.07) is 0. The third-order valence-electron chi connectivity index (χ3n) is 1.71. The summed E-state index contributed by atoms with van der Waals surface area (Å²) < 4.78 is 10.0. The lowest BCUT2D eigenvalue weighted by Crippen LogP contribution is -2.62. The zero-order chi connectivity index (χ0) is 6.74. The van der Waals surface area contributed by atoms with Gasteiger partial charge in [0, 0.05) is 7.11 Å². The van der Waals surface area contributed by atoms with Crippen molar-refractivity contribution in [1.29, 1.82) is 0 Å². The summed E-state index contributed by atoms with van der Waals surface area (Å²) in [5.41, 5.74) is 0.120. The molecule has 3 heteroatoms. The summed E-state index contributed by atoms with van der Waals surface area (Å²) in [6.07, 6.45) is 0. The van der Waals surface area contributed by atoms with Gasteiger partial charge in [-0.3, -0.25) is 0 Å². The summed E-state index contributed by atoms with van der Waals surface area (Å²) in [7, 11) is 3.64. The predicted octanol–water partition coefficient (Wildman–Crippen LogP) is -0.379. The first-order valence-electron chi connectivity index (χ1n) is 3.08. The minimum atomic E-state index is 0.120. The summed E-state index contributed by atoms with van der Waals surface area (Å²) in [4.78, 5) is 0. The number of nitrogens with one attached hydrogen (secondary N) is 1. The first-order chi connectivity index (χ1) is 4.33. The van der Waals surface area contributed by atoms with Crippen LogP contribution in [-0.2, 0) is 9.47 Å². The molecule has 0 saturated carbocycles. The Labute approximate surface area is 55.3 Å². The summed E-state index contributed by atoms with van der Waals surface area (Å²) in [5, 5.41) is 3.17. The lowest BCUT2D eigenvalue weighted by molar-refractivity contribution is -0.101. The minimum Gasteiger partial charge on any atom is -0.383 e. The molecule has 1 fully saturated rings. The van der Waals surface area contributed by atoms with E-state index < -0.39 is 0 Å². The smallest absolute Gasteiger partial charge is 0.0887 e. The number of hydrogen-bond donors (Lipinski definition) is 1. The van der Waals surface area contributed by atoms with Crippen LogP contribution in [0.4, 0.5) is 0 Å². The maximum absolute atomic E-state index is 5.04. The molecule has 0 aromatic heterocycles. The van der Waals surface area contributed by atoms with E-state index in [4.69, 9.17) is 9.47 Å². The largest absolute Gasteiger partial charge is 0.383 e. The summed E-state index contributed by atoms with van der Waals surface area (Å²) in [5.74, 6) is 0. The fraction of sp³-hybridized carbons (Fsp3) is 1.00. The van der Waals surface area contributed by atoms with Gasteiger partial charge in [-0.2, -0.15) is 0 Å². The second kappa shape index (κ2) is 2.64. The van der Waals surface area contributed by atoms with E-state index in [0.29, 0.717) is 0 Å². The molecule has 1 rings (SSSR count). The van der Waals surface area contributed by atoms with E-state index in [2.05, 4.69) is 5.32 Å². The Hall–Kier alpha value is -0.120. The zero-order valence-electron chi connectivity index (χ0n) is 5.94. The maximum atomic E-state index is 5.04. The van der Waals surface area contributed by atoms with Crippen molar-refractivity contribution in [3.8, 4) is 0 Å². The lowest BCUT2D eigenvalue weighted by atomic mass is 10.00. The van der Waals surface area contributed by atoms with Gasteiger partial charge in [-0.05, 0) is 7.05 Å². The van der Waals surface area contributed by atoms with Crippen molar-refractivity contribution < 1.29 is 9.47 Å². The molecule has 1 saturated heterocycles. The SMILES string of the molecule is CNC1(COC)COC1. The lowest BCUT2D eigenvalue weighted by Gasteiger charge is -2.40. The van der Waals surface area contributed by atoms with E-state index >= 15 is 0 Å². The first kappa shape index (κ1) is 6.99. The molecule has 0 atom stereocenters. The van der Waals surface area contributed by atoms with Gasteiger partial charge in [0.05, 0.1) is 25.4 Å². The molecule has 54 valence electrons. The molecule has 0 aromatic rings. The quantitative estimate of drug-likeness (QED) is 0.566. The normalized spacial score (nSPS) is 23.3. The number of hydrogen-bond acceptors (Lipinski definition) is 3. The Balaban J connectivity index is 2.28. The van der Waals surface area contributed by atoms with Crippen molar-refractivity contribution >= 4 is 0 Å². The Morgan fingerprint density at radius 1 is 1.67 bits per heavy atom. The van der Waals surface area contributed by atoms with Crippen LogP contribution in [0.1, 0.15) is 0 Å². The highest BCUT2D eigenvalue weighted by molar-refractivity contribution is 4.92. The Morgan fingerprint density at radius 2 is 2.33 bits per heavy atom.